The minimum absolute atomic E-state index is 0.0690. The highest BCUT2D eigenvalue weighted by molar-refractivity contribution is 7.12. The van der Waals surface area contributed by atoms with Gasteiger partial charge in [-0.1, -0.05) is 12.5 Å². The number of thiophene rings is 1. The Labute approximate surface area is 136 Å². The summed E-state index contributed by atoms with van der Waals surface area (Å²) < 4.78 is 5.56. The first kappa shape index (κ1) is 16.0. The summed E-state index contributed by atoms with van der Waals surface area (Å²) in [6, 6.07) is 3.82. The van der Waals surface area contributed by atoms with E-state index in [2.05, 4.69) is 10.2 Å². The third-order valence-electron chi connectivity index (χ3n) is 4.93. The maximum atomic E-state index is 12.2. The second-order valence-corrected chi connectivity index (χ2v) is 7.56. The molecule has 0 saturated carbocycles. The lowest BCUT2D eigenvalue weighted by Crippen LogP contribution is -2.49. The maximum absolute atomic E-state index is 12.2. The Morgan fingerprint density at radius 2 is 2.05 bits per heavy atom. The summed E-state index contributed by atoms with van der Waals surface area (Å²) in [5.41, 5.74) is 0.183. The van der Waals surface area contributed by atoms with Crippen LogP contribution in [-0.2, 0) is 4.74 Å². The molecule has 1 aromatic rings. The monoisotopic (exact) mass is 322 g/mol. The van der Waals surface area contributed by atoms with Crippen molar-refractivity contribution in [2.45, 2.75) is 32.1 Å². The van der Waals surface area contributed by atoms with Crippen LogP contribution in [0.4, 0.5) is 0 Å². The van der Waals surface area contributed by atoms with Crippen molar-refractivity contribution in [2.75, 3.05) is 39.4 Å². The number of likely N-dealkylation sites (tertiary alicyclic amines) is 1. The molecule has 4 nitrogen and oxygen atoms in total. The Bertz CT molecular complexity index is 463. The summed E-state index contributed by atoms with van der Waals surface area (Å²) in [6.07, 6.45) is 6.09. The molecule has 2 saturated heterocycles. The van der Waals surface area contributed by atoms with E-state index in [-0.39, 0.29) is 11.3 Å². The van der Waals surface area contributed by atoms with Crippen molar-refractivity contribution >= 4 is 17.2 Å². The number of piperidine rings is 1. The average Bonchev–Trinajstić information content (AvgIpc) is 3.09. The van der Waals surface area contributed by atoms with Gasteiger partial charge in [-0.3, -0.25) is 4.79 Å². The van der Waals surface area contributed by atoms with Gasteiger partial charge in [-0.05, 0) is 50.2 Å². The normalized spacial score (nSPS) is 22.4. The van der Waals surface area contributed by atoms with Crippen LogP contribution < -0.4 is 5.32 Å². The lowest BCUT2D eigenvalue weighted by atomic mass is 9.79. The van der Waals surface area contributed by atoms with Crippen molar-refractivity contribution in [3.05, 3.63) is 22.4 Å². The van der Waals surface area contributed by atoms with Gasteiger partial charge in [0.15, 0.2) is 0 Å². The predicted octanol–water partition coefficient (Wildman–Crippen LogP) is 2.76. The molecular weight excluding hydrogens is 296 g/mol. The number of carbonyl (C=O) groups is 1. The molecule has 2 aliphatic rings. The molecule has 2 aliphatic heterocycles. The van der Waals surface area contributed by atoms with Crippen molar-refractivity contribution in [3.8, 4) is 0 Å². The van der Waals surface area contributed by atoms with Gasteiger partial charge in [-0.15, -0.1) is 11.3 Å². The van der Waals surface area contributed by atoms with Gasteiger partial charge in [0.1, 0.15) is 0 Å². The maximum Gasteiger partial charge on any atom is 0.261 e. The van der Waals surface area contributed by atoms with Gasteiger partial charge in [0.2, 0.25) is 0 Å². The fraction of sp³-hybridized carbons (Fsp3) is 0.706. The van der Waals surface area contributed by atoms with Crippen LogP contribution in [0.3, 0.4) is 0 Å². The van der Waals surface area contributed by atoms with Gasteiger partial charge in [-0.25, -0.2) is 0 Å². The molecule has 0 radical (unpaired) electrons. The van der Waals surface area contributed by atoms with Gasteiger partial charge in [0.25, 0.3) is 5.91 Å². The number of rotatable bonds is 5. The summed E-state index contributed by atoms with van der Waals surface area (Å²) in [6.45, 7) is 5.93. The fourth-order valence-corrected chi connectivity index (χ4v) is 4.19. The predicted molar refractivity (Wildman–Crippen MR) is 89.4 cm³/mol. The fourth-order valence-electron chi connectivity index (χ4n) is 3.55. The smallest absolute Gasteiger partial charge is 0.261 e. The zero-order valence-corrected chi connectivity index (χ0v) is 14.0. The Morgan fingerprint density at radius 1 is 1.27 bits per heavy atom. The zero-order valence-electron chi connectivity index (χ0n) is 13.2. The Hall–Kier alpha value is -0.910. The molecule has 0 unspecified atom stereocenters. The van der Waals surface area contributed by atoms with E-state index in [1.807, 2.05) is 17.5 Å². The highest BCUT2D eigenvalue weighted by Gasteiger charge is 2.35. The minimum atomic E-state index is 0.0690. The van der Waals surface area contributed by atoms with Crippen LogP contribution in [0.25, 0.3) is 0 Å². The van der Waals surface area contributed by atoms with Crippen LogP contribution in [0.5, 0.6) is 0 Å². The highest BCUT2D eigenvalue weighted by atomic mass is 32.1. The van der Waals surface area contributed by atoms with Gasteiger partial charge in [0, 0.05) is 31.7 Å². The van der Waals surface area contributed by atoms with Crippen molar-refractivity contribution in [1.82, 2.24) is 10.2 Å². The number of nitrogens with zero attached hydrogens (tertiary/aromatic N) is 1. The van der Waals surface area contributed by atoms with Crippen molar-refractivity contribution in [3.63, 3.8) is 0 Å². The molecule has 0 bridgehead atoms. The lowest BCUT2D eigenvalue weighted by Gasteiger charge is -2.42. The second-order valence-electron chi connectivity index (χ2n) is 6.61. The highest BCUT2D eigenvalue weighted by Crippen LogP contribution is 2.32. The van der Waals surface area contributed by atoms with Crippen LogP contribution in [-0.4, -0.2) is 50.2 Å². The topological polar surface area (TPSA) is 41.6 Å². The number of ether oxygens (including phenoxy) is 1. The van der Waals surface area contributed by atoms with E-state index in [0.717, 1.165) is 44.0 Å². The van der Waals surface area contributed by atoms with Crippen molar-refractivity contribution < 1.29 is 9.53 Å². The van der Waals surface area contributed by atoms with E-state index < -0.39 is 0 Å². The molecule has 5 heteroatoms. The molecule has 0 aliphatic carbocycles. The van der Waals surface area contributed by atoms with E-state index >= 15 is 0 Å². The lowest BCUT2D eigenvalue weighted by molar-refractivity contribution is -0.00669. The van der Waals surface area contributed by atoms with Gasteiger partial charge >= 0.3 is 0 Å². The Balaban J connectivity index is 1.59. The second kappa shape index (κ2) is 7.57. The summed E-state index contributed by atoms with van der Waals surface area (Å²) in [4.78, 5) is 15.6. The standard InChI is InChI=1S/C17H26N2O2S/c20-16(15-5-4-12-22-15)18-13-17(6-10-21-11-7-17)14-19-8-2-1-3-9-19/h4-5,12H,1-3,6-11,13-14H2,(H,18,20). The molecule has 0 atom stereocenters. The van der Waals surface area contributed by atoms with Gasteiger partial charge in [-0.2, -0.15) is 0 Å². The SMILES string of the molecule is O=C(NCC1(CN2CCCCC2)CCOCC1)c1cccs1. The van der Waals surface area contributed by atoms with Crippen molar-refractivity contribution in [2.24, 2.45) is 5.41 Å². The summed E-state index contributed by atoms with van der Waals surface area (Å²) in [5.74, 6) is 0.0690. The Morgan fingerprint density at radius 3 is 2.73 bits per heavy atom. The largest absolute Gasteiger partial charge is 0.381 e. The number of carbonyl (C=O) groups excluding carboxylic acids is 1. The third kappa shape index (κ3) is 4.09. The molecule has 1 amide bonds. The van der Waals surface area contributed by atoms with Crippen LogP contribution in [0.1, 0.15) is 41.8 Å². The van der Waals surface area contributed by atoms with Crippen LogP contribution in [0, 0.1) is 5.41 Å². The number of hydrogen-bond donors (Lipinski definition) is 1. The molecule has 2 fully saturated rings. The molecule has 3 heterocycles. The number of amides is 1. The molecule has 122 valence electrons. The van der Waals surface area contributed by atoms with E-state index in [0.29, 0.717) is 0 Å². The van der Waals surface area contributed by atoms with Gasteiger partial charge < -0.3 is 15.0 Å². The average molecular weight is 322 g/mol. The molecule has 1 N–H and O–H groups in total. The van der Waals surface area contributed by atoms with E-state index in [1.54, 1.807) is 0 Å². The zero-order chi connectivity index (χ0) is 15.3. The summed E-state index contributed by atoms with van der Waals surface area (Å²) in [7, 11) is 0. The van der Waals surface area contributed by atoms with E-state index in [9.17, 15) is 4.79 Å². The van der Waals surface area contributed by atoms with Crippen LogP contribution in [0.15, 0.2) is 17.5 Å². The molecule has 22 heavy (non-hydrogen) atoms. The first-order valence-corrected chi connectivity index (χ1v) is 9.27. The molecule has 0 spiro atoms. The summed E-state index contributed by atoms with van der Waals surface area (Å²) in [5, 5.41) is 5.13. The van der Waals surface area contributed by atoms with E-state index in [4.69, 9.17) is 4.74 Å². The molecule has 3 rings (SSSR count). The number of hydrogen-bond acceptors (Lipinski definition) is 4. The van der Waals surface area contributed by atoms with Crippen LogP contribution in [0.2, 0.25) is 0 Å². The van der Waals surface area contributed by atoms with Crippen molar-refractivity contribution in [1.29, 1.82) is 0 Å². The quantitative estimate of drug-likeness (QED) is 0.906. The summed E-state index contributed by atoms with van der Waals surface area (Å²) >= 11 is 1.51. The first-order valence-electron chi connectivity index (χ1n) is 8.39. The first-order chi connectivity index (χ1) is 10.8. The molecular formula is C17H26N2O2S. The van der Waals surface area contributed by atoms with Crippen LogP contribution >= 0.6 is 11.3 Å². The minimum Gasteiger partial charge on any atom is -0.381 e. The number of nitrogens with one attached hydrogen (secondary N) is 1. The Kier molecular flexibility index (Phi) is 5.50. The molecule has 0 aromatic carbocycles. The third-order valence-corrected chi connectivity index (χ3v) is 5.80. The van der Waals surface area contributed by atoms with Gasteiger partial charge in [0.05, 0.1) is 4.88 Å². The molecule has 1 aromatic heterocycles. The van der Waals surface area contributed by atoms with E-state index in [1.165, 1.54) is 43.7 Å².